The molecule has 7 nitrogen and oxygen atoms in total. The minimum atomic E-state index is -0.526. The highest BCUT2D eigenvalue weighted by molar-refractivity contribution is 6.32. The number of hydrogen-bond acceptors (Lipinski definition) is 6. The Morgan fingerprint density at radius 1 is 0.814 bits per heavy atom. The Balaban J connectivity index is 1.50. The summed E-state index contributed by atoms with van der Waals surface area (Å²) in [7, 11) is 0. The van der Waals surface area contributed by atoms with Crippen molar-refractivity contribution in [3.8, 4) is 29.1 Å². The van der Waals surface area contributed by atoms with Gasteiger partial charge in [-0.2, -0.15) is 5.26 Å². The van der Waals surface area contributed by atoms with Gasteiger partial charge in [0.25, 0.3) is 5.91 Å². The first-order valence-electron chi connectivity index (χ1n) is 13.9. The second kappa shape index (κ2) is 15.3. The molecule has 0 saturated carbocycles. The minimum Gasteiger partial charge on any atom is -0.490 e. The van der Waals surface area contributed by atoms with E-state index in [1.54, 1.807) is 24.3 Å². The van der Waals surface area contributed by atoms with Crippen LogP contribution < -0.4 is 24.3 Å². The van der Waals surface area contributed by atoms with Crippen LogP contribution in [0.2, 0.25) is 5.02 Å². The first kappa shape index (κ1) is 31.0. The van der Waals surface area contributed by atoms with Gasteiger partial charge in [-0.3, -0.25) is 4.79 Å². The maximum Gasteiger partial charge on any atom is 0.266 e. The largest absolute Gasteiger partial charge is 0.490 e. The highest BCUT2D eigenvalue weighted by atomic mass is 35.5. The Hall–Kier alpha value is -4.93. The molecule has 0 aliphatic heterocycles. The molecule has 0 saturated heterocycles. The van der Waals surface area contributed by atoms with Crippen LogP contribution in [-0.4, -0.2) is 19.1 Å². The number of hydrogen-bond donors (Lipinski definition) is 1. The van der Waals surface area contributed by atoms with E-state index in [9.17, 15) is 10.1 Å². The second-order valence-electron chi connectivity index (χ2n) is 9.53. The average molecular weight is 597 g/mol. The van der Waals surface area contributed by atoms with Crippen molar-refractivity contribution < 1.29 is 23.7 Å². The van der Waals surface area contributed by atoms with Gasteiger partial charge in [0, 0.05) is 5.69 Å². The molecule has 1 N–H and O–H groups in total. The molecule has 0 heterocycles. The van der Waals surface area contributed by atoms with Gasteiger partial charge >= 0.3 is 0 Å². The summed E-state index contributed by atoms with van der Waals surface area (Å²) >= 11 is 6.63. The van der Waals surface area contributed by atoms with Crippen LogP contribution in [-0.2, 0) is 18.0 Å². The fourth-order valence-electron chi connectivity index (χ4n) is 4.15. The van der Waals surface area contributed by atoms with Gasteiger partial charge in [0.1, 0.15) is 24.9 Å². The van der Waals surface area contributed by atoms with Gasteiger partial charge in [-0.25, -0.2) is 0 Å². The summed E-state index contributed by atoms with van der Waals surface area (Å²) < 4.78 is 23.8. The Kier molecular flexibility index (Phi) is 11.1. The molecule has 0 aliphatic rings. The van der Waals surface area contributed by atoms with Crippen molar-refractivity contribution in [1.82, 2.24) is 0 Å². The second-order valence-corrected chi connectivity index (χ2v) is 9.94. The molecular weight excluding hydrogens is 564 g/mol. The van der Waals surface area contributed by atoms with Crippen molar-refractivity contribution in [2.24, 2.45) is 0 Å². The normalized spacial score (nSPS) is 10.9. The van der Waals surface area contributed by atoms with E-state index in [0.717, 1.165) is 16.7 Å². The summed E-state index contributed by atoms with van der Waals surface area (Å²) in [4.78, 5) is 12.8. The Morgan fingerprint density at radius 3 is 2.21 bits per heavy atom. The van der Waals surface area contributed by atoms with Crippen LogP contribution in [0.3, 0.4) is 0 Å². The standard InChI is InChI=1S/C35H33ClN2O5/c1-4-40-32-19-26(13-16-31(32)42-22-25-9-7-6-8-10-25)23-43-34-30(36)18-27(20-33(34)41-5-2)17-28(21-37)35(39)38-29-14-11-24(3)12-15-29/h6-20H,4-5,22-23H2,1-3H3,(H,38,39)/b28-17-. The van der Waals surface area contributed by atoms with Gasteiger partial charge in [-0.1, -0.05) is 65.7 Å². The van der Waals surface area contributed by atoms with Crippen LogP contribution in [0.15, 0.2) is 90.5 Å². The first-order valence-corrected chi connectivity index (χ1v) is 14.3. The molecule has 0 fully saturated rings. The first-order chi connectivity index (χ1) is 20.9. The van der Waals surface area contributed by atoms with Crippen LogP contribution in [0, 0.1) is 18.3 Å². The maximum absolute atomic E-state index is 12.8. The monoisotopic (exact) mass is 596 g/mol. The zero-order chi connectivity index (χ0) is 30.6. The topological polar surface area (TPSA) is 89.8 Å². The molecule has 0 spiro atoms. The molecule has 0 aliphatic carbocycles. The van der Waals surface area contributed by atoms with E-state index < -0.39 is 5.91 Å². The van der Waals surface area contributed by atoms with Gasteiger partial charge in [0.2, 0.25) is 0 Å². The van der Waals surface area contributed by atoms with Crippen LogP contribution in [0.25, 0.3) is 6.08 Å². The molecule has 43 heavy (non-hydrogen) atoms. The van der Waals surface area contributed by atoms with E-state index in [-0.39, 0.29) is 17.2 Å². The molecule has 0 unspecified atom stereocenters. The number of carbonyl (C=O) groups excluding carboxylic acids is 1. The summed E-state index contributed by atoms with van der Waals surface area (Å²) in [6.07, 6.45) is 1.46. The third-order valence-corrected chi connectivity index (χ3v) is 6.53. The van der Waals surface area contributed by atoms with E-state index in [1.165, 1.54) is 6.08 Å². The van der Waals surface area contributed by atoms with Gasteiger partial charge in [0.15, 0.2) is 23.0 Å². The number of rotatable bonds is 13. The minimum absolute atomic E-state index is 0.0780. The quantitative estimate of drug-likeness (QED) is 0.124. The van der Waals surface area contributed by atoms with Gasteiger partial charge in [0.05, 0.1) is 18.2 Å². The fraction of sp³-hybridized carbons (Fsp3) is 0.200. The molecule has 4 rings (SSSR count). The van der Waals surface area contributed by atoms with Gasteiger partial charge in [-0.05, 0) is 79.9 Å². The number of nitriles is 1. The number of nitrogens with zero attached hydrogens (tertiary/aromatic N) is 1. The lowest BCUT2D eigenvalue weighted by Gasteiger charge is -2.16. The van der Waals surface area contributed by atoms with Crippen LogP contribution in [0.5, 0.6) is 23.0 Å². The van der Waals surface area contributed by atoms with E-state index in [4.69, 9.17) is 30.5 Å². The lowest BCUT2D eigenvalue weighted by atomic mass is 10.1. The zero-order valence-corrected chi connectivity index (χ0v) is 25.1. The predicted octanol–water partition coefficient (Wildman–Crippen LogP) is 8.15. The van der Waals surface area contributed by atoms with Crippen molar-refractivity contribution in [1.29, 1.82) is 5.26 Å². The van der Waals surface area contributed by atoms with E-state index in [0.29, 0.717) is 54.1 Å². The Labute approximate surface area is 257 Å². The van der Waals surface area contributed by atoms with Gasteiger partial charge in [-0.15, -0.1) is 0 Å². The number of aryl methyl sites for hydroxylation is 1. The van der Waals surface area contributed by atoms with E-state index >= 15 is 0 Å². The molecule has 0 radical (unpaired) electrons. The summed E-state index contributed by atoms with van der Waals surface area (Å²) in [6.45, 7) is 7.17. The molecule has 8 heteroatoms. The Bertz CT molecular complexity index is 1610. The number of halogens is 1. The molecule has 4 aromatic rings. The average Bonchev–Trinajstić information content (AvgIpc) is 3.01. The third kappa shape index (κ3) is 8.78. The smallest absolute Gasteiger partial charge is 0.266 e. The number of ether oxygens (including phenoxy) is 4. The van der Waals surface area contributed by atoms with Crippen molar-refractivity contribution >= 4 is 29.3 Å². The molecule has 0 aromatic heterocycles. The number of anilines is 1. The molecule has 0 bridgehead atoms. The zero-order valence-electron chi connectivity index (χ0n) is 24.4. The number of benzene rings is 4. The maximum atomic E-state index is 12.8. The SMILES string of the molecule is CCOc1cc(COc2c(Cl)cc(/C=C(/C#N)C(=O)Nc3ccc(C)cc3)cc2OCC)ccc1OCc1ccccc1. The summed E-state index contributed by atoms with van der Waals surface area (Å²) in [6, 6.07) is 28.1. The fourth-order valence-corrected chi connectivity index (χ4v) is 4.42. The summed E-state index contributed by atoms with van der Waals surface area (Å²) in [5, 5.41) is 12.7. The lowest BCUT2D eigenvalue weighted by Crippen LogP contribution is -2.13. The van der Waals surface area contributed by atoms with Crippen LogP contribution in [0.4, 0.5) is 5.69 Å². The van der Waals surface area contributed by atoms with Crippen molar-refractivity contribution in [2.75, 3.05) is 18.5 Å². The van der Waals surface area contributed by atoms with Crippen molar-refractivity contribution in [3.05, 3.63) is 118 Å². The Morgan fingerprint density at radius 2 is 1.51 bits per heavy atom. The van der Waals surface area contributed by atoms with E-state index in [1.807, 2.05) is 87.5 Å². The summed E-state index contributed by atoms with van der Waals surface area (Å²) in [5.74, 6) is 1.47. The number of amides is 1. The molecular formula is C35H33ClN2O5. The van der Waals surface area contributed by atoms with Gasteiger partial charge < -0.3 is 24.3 Å². The van der Waals surface area contributed by atoms with E-state index in [2.05, 4.69) is 5.32 Å². The van der Waals surface area contributed by atoms with Crippen LogP contribution >= 0.6 is 11.6 Å². The van der Waals surface area contributed by atoms with Crippen LogP contribution in [0.1, 0.15) is 36.1 Å². The predicted molar refractivity (Wildman–Crippen MR) is 169 cm³/mol. The van der Waals surface area contributed by atoms with Crippen molar-refractivity contribution in [3.63, 3.8) is 0 Å². The molecule has 220 valence electrons. The summed E-state index contributed by atoms with van der Waals surface area (Å²) in [5.41, 5.74) is 4.01. The molecule has 4 aromatic carbocycles. The number of nitrogens with one attached hydrogen (secondary N) is 1. The molecule has 1 amide bonds. The third-order valence-electron chi connectivity index (χ3n) is 6.25. The van der Waals surface area contributed by atoms with Crippen molar-refractivity contribution in [2.45, 2.75) is 34.0 Å². The highest BCUT2D eigenvalue weighted by Crippen LogP contribution is 2.38. The highest BCUT2D eigenvalue weighted by Gasteiger charge is 2.16. The molecule has 0 atom stereocenters. The number of carbonyl (C=O) groups is 1. The lowest BCUT2D eigenvalue weighted by molar-refractivity contribution is -0.112.